The van der Waals surface area contributed by atoms with Gasteiger partial charge in [0, 0.05) is 11.8 Å². The van der Waals surface area contributed by atoms with Crippen LogP contribution in [0.3, 0.4) is 0 Å². The van der Waals surface area contributed by atoms with Crippen LogP contribution in [0.2, 0.25) is 0 Å². The average Bonchev–Trinajstić information content (AvgIpc) is 2.63. The summed E-state index contributed by atoms with van der Waals surface area (Å²) in [6.07, 6.45) is 7.05. The zero-order valence-corrected chi connectivity index (χ0v) is 18.1. The molecule has 2 unspecified atom stereocenters. The van der Waals surface area contributed by atoms with Gasteiger partial charge >= 0.3 is 0 Å². The lowest BCUT2D eigenvalue weighted by Gasteiger charge is -2.50. The molecule has 2 heteroatoms. The third-order valence-electron chi connectivity index (χ3n) is 7.96. The van der Waals surface area contributed by atoms with E-state index in [0.29, 0.717) is 17.5 Å². The molecule has 2 fully saturated rings. The summed E-state index contributed by atoms with van der Waals surface area (Å²) in [6, 6.07) is 4.48. The van der Waals surface area contributed by atoms with Crippen molar-refractivity contribution in [1.82, 2.24) is 0 Å². The van der Waals surface area contributed by atoms with Gasteiger partial charge in [-0.2, -0.15) is 0 Å². The van der Waals surface area contributed by atoms with Gasteiger partial charge in [-0.1, -0.05) is 39.8 Å². The van der Waals surface area contributed by atoms with E-state index in [1.807, 2.05) is 13.8 Å². The van der Waals surface area contributed by atoms with E-state index in [4.69, 9.17) is 0 Å². The molecule has 0 radical (unpaired) electrons. The molecule has 0 heterocycles. The molecule has 2 aliphatic carbocycles. The summed E-state index contributed by atoms with van der Waals surface area (Å²) in [6.45, 7) is 13.0. The molecule has 1 N–H and O–H groups in total. The van der Waals surface area contributed by atoms with Crippen molar-refractivity contribution in [3.05, 3.63) is 28.8 Å². The van der Waals surface area contributed by atoms with Crippen molar-refractivity contribution < 1.29 is 9.90 Å². The van der Waals surface area contributed by atoms with Crippen LogP contribution in [0.4, 0.5) is 0 Å². The summed E-state index contributed by atoms with van der Waals surface area (Å²) in [7, 11) is 0. The Morgan fingerprint density at radius 2 is 1.48 bits per heavy atom. The molecule has 2 saturated carbocycles. The fourth-order valence-corrected chi connectivity index (χ4v) is 6.12. The van der Waals surface area contributed by atoms with Crippen LogP contribution in [0.1, 0.15) is 82.9 Å². The number of carbonyl (C=O) groups is 1. The third-order valence-corrected chi connectivity index (χ3v) is 7.96. The Labute approximate surface area is 165 Å². The molecule has 2 nitrogen and oxygen atoms in total. The van der Waals surface area contributed by atoms with Gasteiger partial charge in [0.05, 0.1) is 0 Å². The molecular weight excluding hydrogens is 332 g/mol. The zero-order valence-electron chi connectivity index (χ0n) is 18.1. The van der Waals surface area contributed by atoms with Crippen LogP contribution >= 0.6 is 0 Å². The molecule has 0 aliphatic heterocycles. The monoisotopic (exact) mass is 370 g/mol. The molecule has 3 rings (SSSR count). The number of hydrogen-bond acceptors (Lipinski definition) is 2. The first kappa shape index (κ1) is 20.4. The predicted octanol–water partition coefficient (Wildman–Crippen LogP) is 6.34. The van der Waals surface area contributed by atoms with E-state index < -0.39 is 0 Å². The molecule has 2 atom stereocenters. The van der Waals surface area contributed by atoms with Crippen molar-refractivity contribution >= 4 is 5.78 Å². The lowest BCUT2D eigenvalue weighted by atomic mass is 9.54. The Hall–Kier alpha value is -1.31. The highest BCUT2D eigenvalue weighted by atomic mass is 16.3. The maximum Gasteiger partial charge on any atom is 0.138 e. The van der Waals surface area contributed by atoms with E-state index >= 15 is 0 Å². The average molecular weight is 371 g/mol. The van der Waals surface area contributed by atoms with Crippen LogP contribution < -0.4 is 0 Å². The normalized spacial score (nSPS) is 34.9. The quantitative estimate of drug-likeness (QED) is 0.673. The topological polar surface area (TPSA) is 37.3 Å². The molecule has 0 saturated heterocycles. The first-order valence-electron chi connectivity index (χ1n) is 11.0. The molecule has 27 heavy (non-hydrogen) atoms. The largest absolute Gasteiger partial charge is 0.507 e. The van der Waals surface area contributed by atoms with Crippen molar-refractivity contribution in [3.8, 4) is 5.75 Å². The van der Waals surface area contributed by atoms with Crippen molar-refractivity contribution in [2.24, 2.45) is 29.6 Å². The van der Waals surface area contributed by atoms with E-state index in [2.05, 4.69) is 39.8 Å². The van der Waals surface area contributed by atoms with Crippen molar-refractivity contribution in [2.75, 3.05) is 0 Å². The fourth-order valence-electron chi connectivity index (χ4n) is 6.12. The highest BCUT2D eigenvalue weighted by molar-refractivity contribution is 5.83. The van der Waals surface area contributed by atoms with E-state index in [1.54, 1.807) is 0 Å². The minimum atomic E-state index is 0.165. The number of phenolic OH excluding ortho intramolecular Hbond substituents is 1. The summed E-state index contributed by atoms with van der Waals surface area (Å²) in [4.78, 5) is 12.5. The maximum atomic E-state index is 12.5. The predicted molar refractivity (Wildman–Crippen MR) is 112 cm³/mol. The number of rotatable bonds is 3. The summed E-state index contributed by atoms with van der Waals surface area (Å²) < 4.78 is 0. The number of Topliss-reactive ketones (excluding diaryl/α,β-unsaturated/α-hetero) is 1. The van der Waals surface area contributed by atoms with E-state index in [9.17, 15) is 9.90 Å². The van der Waals surface area contributed by atoms with Gasteiger partial charge in [0.2, 0.25) is 0 Å². The zero-order chi connectivity index (χ0) is 19.9. The number of benzene rings is 1. The highest BCUT2D eigenvalue weighted by Crippen LogP contribution is 2.53. The number of carbonyl (C=O) groups excluding carboxylic acids is 1. The van der Waals surface area contributed by atoms with Gasteiger partial charge in [0.1, 0.15) is 11.5 Å². The van der Waals surface area contributed by atoms with Crippen LogP contribution in [0.15, 0.2) is 12.1 Å². The number of aryl methyl sites for hydroxylation is 2. The minimum Gasteiger partial charge on any atom is -0.507 e. The summed E-state index contributed by atoms with van der Waals surface area (Å²) in [5.74, 6) is 3.38. The molecule has 0 bridgehead atoms. The second-order valence-corrected chi connectivity index (χ2v) is 10.1. The first-order chi connectivity index (χ1) is 12.7. The molecule has 1 aromatic carbocycles. The lowest BCUT2D eigenvalue weighted by molar-refractivity contribution is -0.130. The van der Waals surface area contributed by atoms with E-state index in [0.717, 1.165) is 35.8 Å². The molecule has 0 spiro atoms. The van der Waals surface area contributed by atoms with Gasteiger partial charge in [-0.25, -0.2) is 0 Å². The number of hydrogen-bond donors (Lipinski definition) is 1. The second-order valence-electron chi connectivity index (χ2n) is 10.1. The fraction of sp³-hybridized carbons (Fsp3) is 0.720. The first-order valence-corrected chi connectivity index (χ1v) is 11.0. The van der Waals surface area contributed by atoms with E-state index in [1.165, 1.54) is 31.2 Å². The van der Waals surface area contributed by atoms with Crippen LogP contribution in [-0.2, 0) is 10.2 Å². The number of ketones is 1. The van der Waals surface area contributed by atoms with Gasteiger partial charge in [-0.3, -0.25) is 4.79 Å². The van der Waals surface area contributed by atoms with E-state index in [-0.39, 0.29) is 17.3 Å². The molecular formula is C25H38O2. The summed E-state index contributed by atoms with van der Waals surface area (Å²) >= 11 is 0. The van der Waals surface area contributed by atoms with Gasteiger partial charge in [-0.15, -0.1) is 0 Å². The Kier molecular flexibility index (Phi) is 5.75. The molecule has 2 aliphatic rings. The van der Waals surface area contributed by atoms with Crippen LogP contribution in [-0.4, -0.2) is 10.9 Å². The van der Waals surface area contributed by atoms with Crippen LogP contribution in [0.5, 0.6) is 5.75 Å². The van der Waals surface area contributed by atoms with Crippen LogP contribution in [0, 0.1) is 43.4 Å². The third kappa shape index (κ3) is 3.69. The van der Waals surface area contributed by atoms with Crippen molar-refractivity contribution in [2.45, 2.75) is 85.5 Å². The summed E-state index contributed by atoms with van der Waals surface area (Å²) in [5.41, 5.74) is 3.56. The molecule has 150 valence electrons. The Bertz CT molecular complexity index is 657. The maximum absolute atomic E-state index is 12.5. The minimum absolute atomic E-state index is 0.165. The van der Waals surface area contributed by atoms with Gasteiger partial charge < -0.3 is 5.11 Å². The highest BCUT2D eigenvalue weighted by Gasteiger charge is 2.47. The Morgan fingerprint density at radius 1 is 1.00 bits per heavy atom. The standard InChI is InChI=1S/C25H38O2/c1-15(2)20-7-9-25(10-8-20,21-11-16(3)23(26)17(4)12-21)22-13-18(5)24(27)19(6)14-22/h11-12,15,18-20,22,26H,7-10,13-14H2,1-6H3. The van der Waals surface area contributed by atoms with Gasteiger partial charge in [0.25, 0.3) is 0 Å². The van der Waals surface area contributed by atoms with Gasteiger partial charge in [0.15, 0.2) is 0 Å². The van der Waals surface area contributed by atoms with Crippen molar-refractivity contribution in [3.63, 3.8) is 0 Å². The number of phenols is 1. The van der Waals surface area contributed by atoms with Crippen molar-refractivity contribution in [1.29, 1.82) is 0 Å². The second kappa shape index (κ2) is 7.60. The summed E-state index contributed by atoms with van der Waals surface area (Å²) in [5, 5.41) is 10.3. The molecule has 0 amide bonds. The molecule has 0 aromatic heterocycles. The van der Waals surface area contributed by atoms with Crippen LogP contribution in [0.25, 0.3) is 0 Å². The Morgan fingerprint density at radius 3 is 1.93 bits per heavy atom. The molecule has 1 aromatic rings. The Balaban J connectivity index is 2.02. The van der Waals surface area contributed by atoms with Gasteiger partial charge in [-0.05, 0) is 92.2 Å². The lowest BCUT2D eigenvalue weighted by Crippen LogP contribution is -2.45. The number of aromatic hydroxyl groups is 1. The SMILES string of the molecule is Cc1cc(C2(C3CC(C)C(=O)C(C)C3)CCC(C(C)C)CC2)cc(C)c1O. The smallest absolute Gasteiger partial charge is 0.138 e.